The molecule has 1 fully saturated rings. The van der Waals surface area contributed by atoms with E-state index in [1.165, 1.54) is 6.92 Å². The number of ketones is 1. The van der Waals surface area contributed by atoms with Crippen LogP contribution in [0.2, 0.25) is 0 Å². The van der Waals surface area contributed by atoms with Crippen LogP contribution < -0.4 is 5.73 Å². The molecule has 1 heterocycles. The summed E-state index contributed by atoms with van der Waals surface area (Å²) in [6.07, 6.45) is 0. The summed E-state index contributed by atoms with van der Waals surface area (Å²) in [5.41, 5.74) is 6.96. The molecule has 4 heteroatoms. The molecule has 2 N–H and O–H groups in total. The molecule has 1 saturated heterocycles. The summed E-state index contributed by atoms with van der Waals surface area (Å²) in [4.78, 5) is 12.3. The summed E-state index contributed by atoms with van der Waals surface area (Å²) in [7, 11) is 0. The fourth-order valence-electron chi connectivity index (χ4n) is 1.41. The molecule has 1 aromatic rings. The Bertz CT molecular complexity index is 388. The van der Waals surface area contributed by atoms with Gasteiger partial charge in [0, 0.05) is 16.1 Å². The third kappa shape index (κ3) is 2.33. The molecule has 80 valence electrons. The van der Waals surface area contributed by atoms with Gasteiger partial charge in [-0.05, 0) is 25.1 Å². The SMILES string of the molecule is CC(=O)c1ccc(SC2COC2)cc1N. The van der Waals surface area contributed by atoms with E-state index in [9.17, 15) is 4.79 Å². The molecule has 0 spiro atoms. The molecule has 0 radical (unpaired) electrons. The van der Waals surface area contributed by atoms with Crippen LogP contribution in [-0.2, 0) is 4.74 Å². The Labute approximate surface area is 93.0 Å². The molecule has 0 unspecified atom stereocenters. The van der Waals surface area contributed by atoms with Gasteiger partial charge in [-0.15, -0.1) is 11.8 Å². The molecule has 0 bridgehead atoms. The standard InChI is InChI=1S/C11H13NO2S/c1-7(13)10-3-2-8(4-11(10)12)15-9-5-14-6-9/h2-4,9H,5-6,12H2,1H3. The van der Waals surface area contributed by atoms with Crippen LogP contribution in [-0.4, -0.2) is 24.2 Å². The number of carbonyl (C=O) groups excluding carboxylic acids is 1. The molecular formula is C11H13NO2S. The molecule has 0 atom stereocenters. The van der Waals surface area contributed by atoms with Crippen molar-refractivity contribution in [3.8, 4) is 0 Å². The molecule has 1 aliphatic rings. The summed E-state index contributed by atoms with van der Waals surface area (Å²) < 4.78 is 5.09. The van der Waals surface area contributed by atoms with Gasteiger partial charge in [-0.25, -0.2) is 0 Å². The zero-order valence-electron chi connectivity index (χ0n) is 8.53. The average Bonchev–Trinajstić information content (AvgIpc) is 2.11. The fraction of sp³-hybridized carbons (Fsp3) is 0.364. The second-order valence-corrected chi connectivity index (χ2v) is 4.96. The van der Waals surface area contributed by atoms with Gasteiger partial charge < -0.3 is 10.5 Å². The van der Waals surface area contributed by atoms with Crippen molar-refractivity contribution >= 4 is 23.2 Å². The lowest BCUT2D eigenvalue weighted by Crippen LogP contribution is -2.30. The average molecular weight is 223 g/mol. The van der Waals surface area contributed by atoms with E-state index in [-0.39, 0.29) is 5.78 Å². The van der Waals surface area contributed by atoms with E-state index in [1.807, 2.05) is 12.1 Å². The van der Waals surface area contributed by atoms with Gasteiger partial charge in [0.25, 0.3) is 0 Å². The molecular weight excluding hydrogens is 210 g/mol. The van der Waals surface area contributed by atoms with Gasteiger partial charge in [0.15, 0.2) is 5.78 Å². The third-order valence-electron chi connectivity index (χ3n) is 2.31. The van der Waals surface area contributed by atoms with Gasteiger partial charge in [-0.1, -0.05) is 0 Å². The minimum absolute atomic E-state index is 0.0102. The molecule has 1 aliphatic heterocycles. The highest BCUT2D eigenvalue weighted by atomic mass is 32.2. The molecule has 15 heavy (non-hydrogen) atoms. The van der Waals surface area contributed by atoms with Gasteiger partial charge in [-0.3, -0.25) is 4.79 Å². The zero-order valence-corrected chi connectivity index (χ0v) is 9.34. The first-order valence-corrected chi connectivity index (χ1v) is 5.69. The normalized spacial score (nSPS) is 16.1. The van der Waals surface area contributed by atoms with E-state index in [4.69, 9.17) is 10.5 Å². The number of anilines is 1. The second kappa shape index (κ2) is 4.24. The maximum atomic E-state index is 11.2. The van der Waals surface area contributed by atoms with Crippen molar-refractivity contribution in [3.05, 3.63) is 23.8 Å². The molecule has 0 aliphatic carbocycles. The van der Waals surface area contributed by atoms with Crippen LogP contribution in [0, 0.1) is 0 Å². The van der Waals surface area contributed by atoms with Crippen molar-refractivity contribution in [3.63, 3.8) is 0 Å². The minimum atomic E-state index is 0.0102. The number of hydrogen-bond acceptors (Lipinski definition) is 4. The first-order valence-electron chi connectivity index (χ1n) is 4.81. The van der Waals surface area contributed by atoms with Crippen LogP contribution in [0.5, 0.6) is 0 Å². The Morgan fingerprint density at radius 1 is 1.53 bits per heavy atom. The Balaban J connectivity index is 2.13. The van der Waals surface area contributed by atoms with Crippen molar-refractivity contribution in [1.82, 2.24) is 0 Å². The predicted octanol–water partition coefficient (Wildman–Crippen LogP) is 1.96. The number of rotatable bonds is 3. The Morgan fingerprint density at radius 2 is 2.27 bits per heavy atom. The summed E-state index contributed by atoms with van der Waals surface area (Å²) in [6, 6.07) is 5.59. The molecule has 0 aromatic heterocycles. The van der Waals surface area contributed by atoms with Crippen molar-refractivity contribution in [2.75, 3.05) is 18.9 Å². The predicted molar refractivity (Wildman–Crippen MR) is 61.3 cm³/mol. The Morgan fingerprint density at radius 3 is 2.73 bits per heavy atom. The lowest BCUT2D eigenvalue weighted by atomic mass is 10.1. The first kappa shape index (κ1) is 10.5. The van der Waals surface area contributed by atoms with Crippen LogP contribution in [0.25, 0.3) is 0 Å². The summed E-state index contributed by atoms with van der Waals surface area (Å²) in [5, 5.41) is 0.535. The molecule has 2 rings (SSSR count). The minimum Gasteiger partial charge on any atom is -0.398 e. The second-order valence-electron chi connectivity index (χ2n) is 3.58. The number of benzene rings is 1. The van der Waals surface area contributed by atoms with Crippen molar-refractivity contribution in [1.29, 1.82) is 0 Å². The highest BCUT2D eigenvalue weighted by molar-refractivity contribution is 8.00. The van der Waals surface area contributed by atoms with E-state index >= 15 is 0 Å². The van der Waals surface area contributed by atoms with Gasteiger partial charge >= 0.3 is 0 Å². The summed E-state index contributed by atoms with van der Waals surface area (Å²) in [5.74, 6) is 0.0102. The first-order chi connectivity index (χ1) is 7.16. The van der Waals surface area contributed by atoms with Crippen LogP contribution in [0.3, 0.4) is 0 Å². The van der Waals surface area contributed by atoms with Gasteiger partial charge in [0.05, 0.1) is 18.5 Å². The number of nitrogens with two attached hydrogens (primary N) is 1. The maximum absolute atomic E-state index is 11.2. The number of nitrogen functional groups attached to an aromatic ring is 1. The van der Waals surface area contributed by atoms with Crippen molar-refractivity contribution in [2.45, 2.75) is 17.1 Å². The molecule has 3 nitrogen and oxygen atoms in total. The summed E-state index contributed by atoms with van der Waals surface area (Å²) in [6.45, 7) is 3.14. The Hall–Kier alpha value is -1.00. The summed E-state index contributed by atoms with van der Waals surface area (Å²) >= 11 is 1.75. The highest BCUT2D eigenvalue weighted by Gasteiger charge is 2.19. The topological polar surface area (TPSA) is 52.3 Å². The van der Waals surface area contributed by atoms with Crippen LogP contribution in [0.15, 0.2) is 23.1 Å². The van der Waals surface area contributed by atoms with E-state index in [0.29, 0.717) is 16.5 Å². The van der Waals surface area contributed by atoms with Crippen molar-refractivity contribution < 1.29 is 9.53 Å². The van der Waals surface area contributed by atoms with Crippen molar-refractivity contribution in [2.24, 2.45) is 0 Å². The lowest BCUT2D eigenvalue weighted by molar-refractivity contribution is 0.0455. The van der Waals surface area contributed by atoms with Gasteiger partial charge in [0.1, 0.15) is 0 Å². The largest absolute Gasteiger partial charge is 0.398 e. The number of carbonyl (C=O) groups is 1. The van der Waals surface area contributed by atoms with E-state index in [0.717, 1.165) is 18.1 Å². The number of ether oxygens (including phenoxy) is 1. The van der Waals surface area contributed by atoms with E-state index < -0.39 is 0 Å². The zero-order chi connectivity index (χ0) is 10.8. The smallest absolute Gasteiger partial charge is 0.161 e. The highest BCUT2D eigenvalue weighted by Crippen LogP contribution is 2.30. The lowest BCUT2D eigenvalue weighted by Gasteiger charge is -2.25. The van der Waals surface area contributed by atoms with Crippen LogP contribution in [0.4, 0.5) is 5.69 Å². The quantitative estimate of drug-likeness (QED) is 0.628. The Kier molecular flexibility index (Phi) is 2.98. The van der Waals surface area contributed by atoms with E-state index in [1.54, 1.807) is 17.8 Å². The monoisotopic (exact) mass is 223 g/mol. The van der Waals surface area contributed by atoms with Crippen LogP contribution >= 0.6 is 11.8 Å². The number of hydrogen-bond donors (Lipinski definition) is 1. The molecule has 0 saturated carbocycles. The van der Waals surface area contributed by atoms with Gasteiger partial charge in [-0.2, -0.15) is 0 Å². The third-order valence-corrected chi connectivity index (χ3v) is 3.44. The maximum Gasteiger partial charge on any atom is 0.161 e. The molecule has 0 amide bonds. The fourth-order valence-corrected chi connectivity index (χ4v) is 2.46. The molecule has 1 aromatic carbocycles. The van der Waals surface area contributed by atoms with Crippen LogP contribution in [0.1, 0.15) is 17.3 Å². The number of Topliss-reactive ketones (excluding diaryl/α,β-unsaturated/α-hetero) is 1. The van der Waals surface area contributed by atoms with E-state index in [2.05, 4.69) is 0 Å². The number of thioether (sulfide) groups is 1. The van der Waals surface area contributed by atoms with Gasteiger partial charge in [0.2, 0.25) is 0 Å².